The summed E-state index contributed by atoms with van der Waals surface area (Å²) in [6, 6.07) is 0.829. The first-order valence-corrected chi connectivity index (χ1v) is 15.3. The first kappa shape index (κ1) is 24.9. The van der Waals surface area contributed by atoms with Crippen molar-refractivity contribution < 1.29 is 13.2 Å². The van der Waals surface area contributed by atoms with Crippen molar-refractivity contribution in [2.75, 3.05) is 53.4 Å². The van der Waals surface area contributed by atoms with E-state index in [0.29, 0.717) is 42.9 Å². The SMILES string of the molecule is CN(C)C1CCC(S(=O)(=O)N2CCC(C3CCN4NCC(C(=O)N5CCCC5)C4C3)CC2)CC1. The van der Waals surface area contributed by atoms with E-state index >= 15 is 0 Å². The Hall–Kier alpha value is -0.740. The summed E-state index contributed by atoms with van der Waals surface area (Å²) >= 11 is 0. The van der Waals surface area contributed by atoms with Crippen molar-refractivity contribution in [3.8, 4) is 0 Å². The lowest BCUT2D eigenvalue weighted by Crippen LogP contribution is -2.50. The second kappa shape index (κ2) is 10.3. The smallest absolute Gasteiger partial charge is 0.228 e. The summed E-state index contributed by atoms with van der Waals surface area (Å²) in [5.41, 5.74) is 3.51. The zero-order valence-corrected chi connectivity index (χ0v) is 22.0. The molecule has 0 radical (unpaired) electrons. The summed E-state index contributed by atoms with van der Waals surface area (Å²) in [6.07, 6.45) is 10.0. The van der Waals surface area contributed by atoms with E-state index in [1.807, 2.05) is 4.31 Å². The highest BCUT2D eigenvalue weighted by Gasteiger charge is 2.46. The molecule has 5 rings (SSSR count). The average molecular weight is 496 g/mol. The number of hydrogen-bond donors (Lipinski definition) is 1. The number of piperidine rings is 2. The molecule has 0 aromatic rings. The van der Waals surface area contributed by atoms with Gasteiger partial charge < -0.3 is 9.80 Å². The van der Waals surface area contributed by atoms with Gasteiger partial charge in [-0.05, 0) is 90.1 Å². The molecule has 8 nitrogen and oxygen atoms in total. The highest BCUT2D eigenvalue weighted by molar-refractivity contribution is 7.89. The molecule has 34 heavy (non-hydrogen) atoms. The topological polar surface area (TPSA) is 76.2 Å². The third-order valence-corrected chi connectivity index (χ3v) is 12.1. The summed E-state index contributed by atoms with van der Waals surface area (Å²) in [4.78, 5) is 17.4. The molecule has 4 saturated heterocycles. The number of likely N-dealkylation sites (tertiary alicyclic amines) is 1. The first-order valence-electron chi connectivity index (χ1n) is 13.8. The second-order valence-electron chi connectivity index (χ2n) is 11.7. The van der Waals surface area contributed by atoms with Crippen LogP contribution in [0.25, 0.3) is 0 Å². The molecule has 5 aliphatic rings. The minimum atomic E-state index is -3.19. The molecule has 1 N–H and O–H groups in total. The van der Waals surface area contributed by atoms with Crippen molar-refractivity contribution in [1.82, 2.24) is 24.5 Å². The van der Waals surface area contributed by atoms with E-state index < -0.39 is 10.0 Å². The Labute approximate surface area is 206 Å². The van der Waals surface area contributed by atoms with Gasteiger partial charge in [0.05, 0.1) is 11.2 Å². The van der Waals surface area contributed by atoms with Crippen molar-refractivity contribution >= 4 is 15.9 Å². The van der Waals surface area contributed by atoms with E-state index in [4.69, 9.17) is 0 Å². The Morgan fingerprint density at radius 1 is 0.853 bits per heavy atom. The van der Waals surface area contributed by atoms with E-state index in [0.717, 1.165) is 90.4 Å². The van der Waals surface area contributed by atoms with Crippen molar-refractivity contribution in [2.24, 2.45) is 17.8 Å². The standard InChI is InChI=1S/C25H45N5O3S/c1-27(2)21-5-7-22(8-6-21)34(32,33)29-14-9-19(10-15-29)20-11-16-30-24(17-20)23(18-26-30)25(31)28-12-3-4-13-28/h19-24,26H,3-18H2,1-2H3. The third-order valence-electron chi connectivity index (χ3n) is 9.72. The molecule has 194 valence electrons. The molecule has 9 heteroatoms. The van der Waals surface area contributed by atoms with Gasteiger partial charge in [0.25, 0.3) is 0 Å². The maximum atomic E-state index is 13.3. The molecule has 3 unspecified atom stereocenters. The first-order chi connectivity index (χ1) is 16.3. The van der Waals surface area contributed by atoms with Gasteiger partial charge in [-0.15, -0.1) is 0 Å². The third kappa shape index (κ3) is 4.92. The number of nitrogens with one attached hydrogen (secondary N) is 1. The normalized spacial score (nSPS) is 36.8. The number of carbonyl (C=O) groups is 1. The van der Waals surface area contributed by atoms with E-state index in [2.05, 4.69) is 34.3 Å². The molecule has 1 saturated carbocycles. The van der Waals surface area contributed by atoms with Gasteiger partial charge in [-0.2, -0.15) is 0 Å². The van der Waals surface area contributed by atoms with Gasteiger partial charge in [-0.3, -0.25) is 10.2 Å². The van der Waals surface area contributed by atoms with Crippen LogP contribution in [0.5, 0.6) is 0 Å². The maximum Gasteiger partial charge on any atom is 0.228 e. The van der Waals surface area contributed by atoms with E-state index in [1.54, 1.807) is 0 Å². The summed E-state index contributed by atoms with van der Waals surface area (Å²) in [5, 5.41) is 2.14. The number of carbonyl (C=O) groups excluding carboxylic acids is 1. The number of nitrogens with zero attached hydrogens (tertiary/aromatic N) is 4. The quantitative estimate of drug-likeness (QED) is 0.626. The van der Waals surface area contributed by atoms with Gasteiger partial charge in [-0.1, -0.05) is 0 Å². The van der Waals surface area contributed by atoms with E-state index in [1.165, 1.54) is 0 Å². The summed E-state index contributed by atoms with van der Waals surface area (Å²) in [6.45, 7) is 5.00. The molecule has 0 bridgehead atoms. The molecule has 3 atom stereocenters. The molecular formula is C25H45N5O3S. The van der Waals surface area contributed by atoms with Crippen molar-refractivity contribution in [3.05, 3.63) is 0 Å². The van der Waals surface area contributed by atoms with Gasteiger partial charge >= 0.3 is 0 Å². The molecule has 5 fully saturated rings. The zero-order chi connectivity index (χ0) is 23.9. The number of hydrazine groups is 1. The van der Waals surface area contributed by atoms with Crippen molar-refractivity contribution in [3.63, 3.8) is 0 Å². The Morgan fingerprint density at radius 3 is 2.15 bits per heavy atom. The zero-order valence-electron chi connectivity index (χ0n) is 21.2. The minimum Gasteiger partial charge on any atom is -0.342 e. The lowest BCUT2D eigenvalue weighted by Gasteiger charge is -2.43. The molecule has 0 aromatic carbocycles. The average Bonchev–Trinajstić information content (AvgIpc) is 3.54. The van der Waals surface area contributed by atoms with Gasteiger partial charge in [0.2, 0.25) is 15.9 Å². The molecule has 4 aliphatic heterocycles. The van der Waals surface area contributed by atoms with Crippen LogP contribution in [0.2, 0.25) is 0 Å². The lowest BCUT2D eigenvalue weighted by atomic mass is 9.75. The number of hydrogen-bond acceptors (Lipinski definition) is 6. The van der Waals surface area contributed by atoms with Gasteiger partial charge in [0.1, 0.15) is 0 Å². The molecule has 1 amide bonds. The monoisotopic (exact) mass is 495 g/mol. The Kier molecular flexibility index (Phi) is 7.57. The Bertz CT molecular complexity index is 814. The van der Waals surface area contributed by atoms with Crippen LogP contribution >= 0.6 is 0 Å². The van der Waals surface area contributed by atoms with Crippen LogP contribution in [0.1, 0.15) is 64.2 Å². The van der Waals surface area contributed by atoms with Crippen LogP contribution in [0.15, 0.2) is 0 Å². The fourth-order valence-corrected chi connectivity index (χ4v) is 9.49. The number of sulfonamides is 1. The number of rotatable bonds is 5. The number of amides is 1. The predicted molar refractivity (Wildman–Crippen MR) is 133 cm³/mol. The minimum absolute atomic E-state index is 0.0821. The van der Waals surface area contributed by atoms with Crippen molar-refractivity contribution in [2.45, 2.75) is 81.5 Å². The van der Waals surface area contributed by atoms with Crippen LogP contribution in [0.4, 0.5) is 0 Å². The lowest BCUT2D eigenvalue weighted by molar-refractivity contribution is -0.135. The highest BCUT2D eigenvalue weighted by atomic mass is 32.2. The van der Waals surface area contributed by atoms with E-state index in [-0.39, 0.29) is 11.2 Å². The fraction of sp³-hybridized carbons (Fsp3) is 0.960. The Morgan fingerprint density at radius 2 is 1.50 bits per heavy atom. The van der Waals surface area contributed by atoms with Crippen LogP contribution < -0.4 is 5.43 Å². The Balaban J connectivity index is 1.14. The van der Waals surface area contributed by atoms with Crippen LogP contribution in [0.3, 0.4) is 0 Å². The van der Waals surface area contributed by atoms with Gasteiger partial charge in [0, 0.05) is 51.4 Å². The molecule has 4 heterocycles. The summed E-state index contributed by atoms with van der Waals surface area (Å²) in [5.74, 6) is 1.62. The maximum absolute atomic E-state index is 13.3. The molecule has 0 aromatic heterocycles. The second-order valence-corrected chi connectivity index (χ2v) is 13.9. The molecular weight excluding hydrogens is 450 g/mol. The van der Waals surface area contributed by atoms with E-state index in [9.17, 15) is 13.2 Å². The van der Waals surface area contributed by atoms with Crippen LogP contribution in [-0.4, -0.2) is 104 Å². The van der Waals surface area contributed by atoms with Crippen LogP contribution in [-0.2, 0) is 14.8 Å². The highest BCUT2D eigenvalue weighted by Crippen LogP contribution is 2.39. The summed E-state index contributed by atoms with van der Waals surface area (Å²) in [7, 11) is 1.01. The largest absolute Gasteiger partial charge is 0.342 e. The van der Waals surface area contributed by atoms with Gasteiger partial charge in [0.15, 0.2) is 0 Å². The predicted octanol–water partition coefficient (Wildman–Crippen LogP) is 1.74. The molecule has 0 spiro atoms. The number of fused-ring (bicyclic) bond motifs is 1. The van der Waals surface area contributed by atoms with Crippen molar-refractivity contribution in [1.29, 1.82) is 0 Å². The molecule has 1 aliphatic carbocycles. The van der Waals surface area contributed by atoms with Gasteiger partial charge in [-0.25, -0.2) is 17.7 Å². The fourth-order valence-electron chi connectivity index (χ4n) is 7.48. The van der Waals surface area contributed by atoms with Crippen LogP contribution in [0, 0.1) is 17.8 Å². The summed E-state index contributed by atoms with van der Waals surface area (Å²) < 4.78 is 28.5.